The van der Waals surface area contributed by atoms with Crippen molar-refractivity contribution in [3.05, 3.63) is 29.3 Å². The minimum absolute atomic E-state index is 0.00514. The Morgan fingerprint density at radius 1 is 1.54 bits per heavy atom. The maximum atomic E-state index is 10.5. The number of hydrogen-bond donors (Lipinski definition) is 2. The Balaban J connectivity index is 3.22. The van der Waals surface area contributed by atoms with Crippen LogP contribution in [0.25, 0.3) is 0 Å². The normalized spacial score (nSPS) is 8.69. The molecular formula is C10H9NO2. The van der Waals surface area contributed by atoms with Gasteiger partial charge in [-0.15, -0.1) is 0 Å². The monoisotopic (exact) mass is 175 g/mol. The van der Waals surface area contributed by atoms with E-state index in [0.717, 1.165) is 0 Å². The van der Waals surface area contributed by atoms with Crippen molar-refractivity contribution in [3.63, 3.8) is 0 Å². The molecule has 1 rings (SSSR count). The molecule has 0 bridgehead atoms. The average molecular weight is 175 g/mol. The van der Waals surface area contributed by atoms with E-state index in [9.17, 15) is 9.90 Å². The zero-order valence-corrected chi connectivity index (χ0v) is 6.95. The van der Waals surface area contributed by atoms with Crippen LogP contribution in [0.5, 0.6) is 5.75 Å². The molecule has 1 aromatic rings. The molecule has 0 aliphatic rings. The molecule has 1 aromatic carbocycles. The molecule has 0 saturated carbocycles. The number of phenolic OH excluding ortho intramolecular Hbond substituents is 1. The van der Waals surface area contributed by atoms with Crippen LogP contribution in [-0.4, -0.2) is 17.9 Å². The molecule has 13 heavy (non-hydrogen) atoms. The van der Waals surface area contributed by atoms with Crippen molar-refractivity contribution in [2.45, 2.75) is 0 Å². The van der Waals surface area contributed by atoms with Crippen LogP contribution in [0.1, 0.15) is 15.9 Å². The molecule has 3 nitrogen and oxygen atoms in total. The van der Waals surface area contributed by atoms with Gasteiger partial charge in [0.2, 0.25) is 0 Å². The molecule has 0 unspecified atom stereocenters. The van der Waals surface area contributed by atoms with E-state index in [2.05, 4.69) is 11.8 Å². The lowest BCUT2D eigenvalue weighted by Crippen LogP contribution is -1.94. The predicted molar refractivity (Wildman–Crippen MR) is 49.4 cm³/mol. The summed E-state index contributed by atoms with van der Waals surface area (Å²) in [6.45, 7) is 0.201. The van der Waals surface area contributed by atoms with Crippen LogP contribution in [0, 0.1) is 11.8 Å². The topological polar surface area (TPSA) is 63.3 Å². The number of phenols is 1. The van der Waals surface area contributed by atoms with Crippen molar-refractivity contribution in [3.8, 4) is 17.6 Å². The first-order valence-electron chi connectivity index (χ1n) is 3.75. The van der Waals surface area contributed by atoms with Gasteiger partial charge in [-0.05, 0) is 6.07 Å². The molecule has 0 amide bonds. The van der Waals surface area contributed by atoms with Crippen molar-refractivity contribution in [2.24, 2.45) is 5.73 Å². The highest BCUT2D eigenvalue weighted by Crippen LogP contribution is 2.17. The van der Waals surface area contributed by atoms with Gasteiger partial charge in [-0.2, -0.15) is 0 Å². The fourth-order valence-corrected chi connectivity index (χ4v) is 0.931. The summed E-state index contributed by atoms with van der Waals surface area (Å²) in [6.07, 6.45) is 0.653. The SMILES string of the molecule is NCC#Cc1c(O)cccc1C=O. The molecule has 0 fully saturated rings. The summed E-state index contributed by atoms with van der Waals surface area (Å²) < 4.78 is 0. The lowest BCUT2D eigenvalue weighted by atomic mass is 10.1. The summed E-state index contributed by atoms with van der Waals surface area (Å²) in [5, 5.41) is 9.35. The van der Waals surface area contributed by atoms with Crippen molar-refractivity contribution in [1.82, 2.24) is 0 Å². The molecular weight excluding hydrogens is 166 g/mol. The Labute approximate surface area is 76.2 Å². The van der Waals surface area contributed by atoms with Crippen LogP contribution >= 0.6 is 0 Å². The maximum Gasteiger partial charge on any atom is 0.151 e. The van der Waals surface area contributed by atoms with E-state index in [0.29, 0.717) is 17.4 Å². The highest BCUT2D eigenvalue weighted by Gasteiger charge is 2.02. The summed E-state index contributed by atoms with van der Waals surface area (Å²) in [4.78, 5) is 10.5. The van der Waals surface area contributed by atoms with Gasteiger partial charge in [-0.1, -0.05) is 24.0 Å². The number of carbonyl (C=O) groups is 1. The molecule has 0 atom stereocenters. The quantitative estimate of drug-likeness (QED) is 0.483. The third-order valence-electron chi connectivity index (χ3n) is 1.52. The summed E-state index contributed by atoms with van der Waals surface area (Å²) in [5.41, 5.74) is 5.89. The highest BCUT2D eigenvalue weighted by molar-refractivity contribution is 5.81. The molecule has 0 saturated heterocycles. The highest BCUT2D eigenvalue weighted by atomic mass is 16.3. The van der Waals surface area contributed by atoms with Gasteiger partial charge < -0.3 is 10.8 Å². The summed E-state index contributed by atoms with van der Waals surface area (Å²) in [7, 11) is 0. The van der Waals surface area contributed by atoms with E-state index in [1.165, 1.54) is 6.07 Å². The van der Waals surface area contributed by atoms with Gasteiger partial charge in [-0.25, -0.2) is 0 Å². The zero-order chi connectivity index (χ0) is 9.68. The van der Waals surface area contributed by atoms with E-state index < -0.39 is 0 Å². The standard InChI is InChI=1S/C10H9NO2/c11-6-2-4-9-8(7-12)3-1-5-10(9)13/h1,3,5,7,13H,6,11H2. The Hall–Kier alpha value is -1.79. The lowest BCUT2D eigenvalue weighted by Gasteiger charge is -1.98. The van der Waals surface area contributed by atoms with Crippen LogP contribution in [-0.2, 0) is 0 Å². The largest absolute Gasteiger partial charge is 0.507 e. The first-order valence-corrected chi connectivity index (χ1v) is 3.75. The zero-order valence-electron chi connectivity index (χ0n) is 6.95. The lowest BCUT2D eigenvalue weighted by molar-refractivity contribution is 0.112. The Bertz CT molecular complexity index is 374. The number of aldehydes is 1. The molecule has 0 aliphatic heterocycles. The van der Waals surface area contributed by atoms with Gasteiger partial charge in [0.25, 0.3) is 0 Å². The molecule has 0 spiro atoms. The molecule has 66 valence electrons. The molecule has 3 N–H and O–H groups in total. The number of nitrogens with two attached hydrogens (primary N) is 1. The second-order valence-corrected chi connectivity index (χ2v) is 2.37. The Kier molecular flexibility index (Phi) is 3.07. The summed E-state index contributed by atoms with van der Waals surface area (Å²) in [5.74, 6) is 5.22. The van der Waals surface area contributed by atoms with Gasteiger partial charge in [0.05, 0.1) is 12.1 Å². The number of rotatable bonds is 1. The van der Waals surface area contributed by atoms with E-state index in [1.807, 2.05) is 0 Å². The second-order valence-electron chi connectivity index (χ2n) is 2.37. The maximum absolute atomic E-state index is 10.5. The predicted octanol–water partition coefficient (Wildman–Crippen LogP) is 0.515. The molecule has 0 radical (unpaired) electrons. The van der Waals surface area contributed by atoms with Crippen LogP contribution in [0.4, 0.5) is 0 Å². The van der Waals surface area contributed by atoms with Gasteiger partial charge in [-0.3, -0.25) is 4.79 Å². The minimum atomic E-state index is 0.00514. The number of aromatic hydroxyl groups is 1. The number of benzene rings is 1. The van der Waals surface area contributed by atoms with Crippen LogP contribution in [0.3, 0.4) is 0 Å². The third kappa shape index (κ3) is 2.08. The second kappa shape index (κ2) is 4.29. The molecule has 0 heterocycles. The van der Waals surface area contributed by atoms with Gasteiger partial charge in [0, 0.05) is 5.56 Å². The number of carbonyl (C=O) groups excluding carboxylic acids is 1. The first kappa shape index (κ1) is 9.30. The van der Waals surface area contributed by atoms with Crippen molar-refractivity contribution in [2.75, 3.05) is 6.54 Å². The van der Waals surface area contributed by atoms with Gasteiger partial charge in [0.1, 0.15) is 5.75 Å². The smallest absolute Gasteiger partial charge is 0.151 e. The average Bonchev–Trinajstić information content (AvgIpc) is 2.15. The van der Waals surface area contributed by atoms with Gasteiger partial charge >= 0.3 is 0 Å². The summed E-state index contributed by atoms with van der Waals surface area (Å²) in [6, 6.07) is 4.66. The van der Waals surface area contributed by atoms with E-state index in [-0.39, 0.29) is 12.3 Å². The first-order chi connectivity index (χ1) is 6.29. The Morgan fingerprint density at radius 2 is 2.31 bits per heavy atom. The van der Waals surface area contributed by atoms with Gasteiger partial charge in [0.15, 0.2) is 6.29 Å². The Morgan fingerprint density at radius 3 is 2.92 bits per heavy atom. The van der Waals surface area contributed by atoms with E-state index >= 15 is 0 Å². The van der Waals surface area contributed by atoms with Crippen LogP contribution < -0.4 is 5.73 Å². The fourth-order valence-electron chi connectivity index (χ4n) is 0.931. The van der Waals surface area contributed by atoms with Crippen molar-refractivity contribution >= 4 is 6.29 Å². The molecule has 0 aromatic heterocycles. The number of hydrogen-bond acceptors (Lipinski definition) is 3. The third-order valence-corrected chi connectivity index (χ3v) is 1.52. The van der Waals surface area contributed by atoms with Crippen molar-refractivity contribution < 1.29 is 9.90 Å². The summed E-state index contributed by atoms with van der Waals surface area (Å²) >= 11 is 0. The van der Waals surface area contributed by atoms with Crippen LogP contribution in [0.2, 0.25) is 0 Å². The van der Waals surface area contributed by atoms with E-state index in [4.69, 9.17) is 5.73 Å². The molecule has 0 aliphatic carbocycles. The van der Waals surface area contributed by atoms with E-state index in [1.54, 1.807) is 12.1 Å². The molecule has 3 heteroatoms. The minimum Gasteiger partial charge on any atom is -0.507 e. The van der Waals surface area contributed by atoms with Crippen LogP contribution in [0.15, 0.2) is 18.2 Å². The van der Waals surface area contributed by atoms with Crippen molar-refractivity contribution in [1.29, 1.82) is 0 Å². The fraction of sp³-hybridized carbons (Fsp3) is 0.100.